The minimum atomic E-state index is 0.878. The van der Waals surface area contributed by atoms with Gasteiger partial charge in [-0.1, -0.05) is 18.2 Å². The molecule has 0 fully saturated rings. The highest BCUT2D eigenvalue weighted by Gasteiger charge is 2.12. The number of nitrogens with one attached hydrogen (secondary N) is 1. The third-order valence-corrected chi connectivity index (χ3v) is 3.59. The SMILES string of the molecule is Cc1cn2nc(-c3c(C)[nH]c4ccccc34)ccc2n1. The van der Waals surface area contributed by atoms with Gasteiger partial charge in [-0.2, -0.15) is 5.10 Å². The van der Waals surface area contributed by atoms with Crippen LogP contribution in [0.3, 0.4) is 0 Å². The number of benzene rings is 1. The molecule has 0 radical (unpaired) electrons. The Labute approximate surface area is 116 Å². The third kappa shape index (κ3) is 1.54. The van der Waals surface area contributed by atoms with E-state index in [1.165, 1.54) is 5.39 Å². The molecule has 3 heterocycles. The van der Waals surface area contributed by atoms with Crippen LogP contribution in [0.2, 0.25) is 0 Å². The molecule has 4 rings (SSSR count). The van der Waals surface area contributed by atoms with Gasteiger partial charge in [0.25, 0.3) is 0 Å². The lowest BCUT2D eigenvalue weighted by Gasteiger charge is -2.02. The van der Waals surface area contributed by atoms with Crippen molar-refractivity contribution in [3.8, 4) is 11.3 Å². The fourth-order valence-corrected chi connectivity index (χ4v) is 2.74. The molecule has 0 saturated heterocycles. The maximum Gasteiger partial charge on any atom is 0.153 e. The minimum Gasteiger partial charge on any atom is -0.358 e. The van der Waals surface area contributed by atoms with Crippen molar-refractivity contribution in [3.63, 3.8) is 0 Å². The second-order valence-corrected chi connectivity index (χ2v) is 5.07. The van der Waals surface area contributed by atoms with E-state index in [9.17, 15) is 0 Å². The number of hydrogen-bond acceptors (Lipinski definition) is 2. The number of imidazole rings is 1. The highest BCUT2D eigenvalue weighted by atomic mass is 15.2. The van der Waals surface area contributed by atoms with E-state index in [-0.39, 0.29) is 0 Å². The summed E-state index contributed by atoms with van der Waals surface area (Å²) < 4.78 is 1.84. The number of para-hydroxylation sites is 1. The molecule has 4 nitrogen and oxygen atoms in total. The number of aromatic nitrogens is 4. The van der Waals surface area contributed by atoms with Gasteiger partial charge in [-0.25, -0.2) is 9.50 Å². The van der Waals surface area contributed by atoms with Gasteiger partial charge in [0.2, 0.25) is 0 Å². The van der Waals surface area contributed by atoms with Crippen molar-refractivity contribution in [1.82, 2.24) is 19.6 Å². The van der Waals surface area contributed by atoms with Gasteiger partial charge in [0, 0.05) is 22.2 Å². The van der Waals surface area contributed by atoms with Gasteiger partial charge in [0.05, 0.1) is 17.6 Å². The van der Waals surface area contributed by atoms with Crippen LogP contribution < -0.4 is 0 Å². The lowest BCUT2D eigenvalue weighted by molar-refractivity contribution is 0.940. The number of aryl methyl sites for hydroxylation is 2. The molecule has 0 aliphatic heterocycles. The lowest BCUT2D eigenvalue weighted by Crippen LogP contribution is -1.93. The van der Waals surface area contributed by atoms with Crippen molar-refractivity contribution in [1.29, 1.82) is 0 Å². The summed E-state index contributed by atoms with van der Waals surface area (Å²) >= 11 is 0. The van der Waals surface area contributed by atoms with Crippen LogP contribution >= 0.6 is 0 Å². The Morgan fingerprint density at radius 2 is 1.90 bits per heavy atom. The molecule has 0 atom stereocenters. The molecule has 20 heavy (non-hydrogen) atoms. The van der Waals surface area contributed by atoms with Crippen LogP contribution in [0.15, 0.2) is 42.6 Å². The number of hydrogen-bond donors (Lipinski definition) is 1. The van der Waals surface area contributed by atoms with E-state index < -0.39 is 0 Å². The van der Waals surface area contributed by atoms with E-state index >= 15 is 0 Å². The first-order chi connectivity index (χ1) is 9.72. The molecule has 4 heteroatoms. The van der Waals surface area contributed by atoms with Crippen molar-refractivity contribution in [2.45, 2.75) is 13.8 Å². The summed E-state index contributed by atoms with van der Waals surface area (Å²) in [6.07, 6.45) is 1.95. The molecule has 1 N–H and O–H groups in total. The Balaban J connectivity index is 2.02. The Hall–Kier alpha value is -2.62. The van der Waals surface area contributed by atoms with E-state index in [4.69, 9.17) is 0 Å². The first-order valence-corrected chi connectivity index (χ1v) is 6.63. The van der Waals surface area contributed by atoms with Gasteiger partial charge >= 0.3 is 0 Å². The molecule has 0 amide bonds. The largest absolute Gasteiger partial charge is 0.358 e. The maximum atomic E-state index is 4.68. The van der Waals surface area contributed by atoms with Gasteiger partial charge in [0.1, 0.15) is 0 Å². The maximum absolute atomic E-state index is 4.68. The number of aromatic amines is 1. The molecule has 3 aromatic heterocycles. The van der Waals surface area contributed by atoms with Gasteiger partial charge < -0.3 is 4.98 Å². The Kier molecular flexibility index (Phi) is 2.21. The number of fused-ring (bicyclic) bond motifs is 2. The molecule has 4 aromatic rings. The molecule has 0 aliphatic rings. The third-order valence-electron chi connectivity index (χ3n) is 3.59. The molecule has 0 spiro atoms. The monoisotopic (exact) mass is 262 g/mol. The van der Waals surface area contributed by atoms with E-state index in [0.29, 0.717) is 0 Å². The highest BCUT2D eigenvalue weighted by Crippen LogP contribution is 2.30. The molecule has 0 aliphatic carbocycles. The molecule has 0 saturated carbocycles. The molecule has 0 unspecified atom stereocenters. The first kappa shape index (κ1) is 11.2. The van der Waals surface area contributed by atoms with Crippen LogP contribution in [0.5, 0.6) is 0 Å². The second kappa shape index (κ2) is 3.93. The van der Waals surface area contributed by atoms with Crippen molar-refractivity contribution >= 4 is 16.6 Å². The zero-order chi connectivity index (χ0) is 13.7. The predicted octanol–water partition coefficient (Wildman–Crippen LogP) is 3.49. The highest BCUT2D eigenvalue weighted by molar-refractivity contribution is 5.96. The summed E-state index contributed by atoms with van der Waals surface area (Å²) in [7, 11) is 0. The molecular weight excluding hydrogens is 248 g/mol. The van der Waals surface area contributed by atoms with Crippen molar-refractivity contribution in [2.75, 3.05) is 0 Å². The summed E-state index contributed by atoms with van der Waals surface area (Å²) in [6.45, 7) is 4.06. The van der Waals surface area contributed by atoms with Gasteiger partial charge in [-0.3, -0.25) is 0 Å². The Bertz CT molecular complexity index is 930. The van der Waals surface area contributed by atoms with E-state index in [0.717, 1.165) is 33.8 Å². The molecule has 1 aromatic carbocycles. The zero-order valence-electron chi connectivity index (χ0n) is 11.4. The average molecular weight is 262 g/mol. The quantitative estimate of drug-likeness (QED) is 0.570. The van der Waals surface area contributed by atoms with Crippen LogP contribution in [-0.4, -0.2) is 19.6 Å². The summed E-state index contributed by atoms with van der Waals surface area (Å²) in [5, 5.41) is 5.89. The van der Waals surface area contributed by atoms with Crippen LogP contribution in [-0.2, 0) is 0 Å². The van der Waals surface area contributed by atoms with Crippen LogP contribution in [0.1, 0.15) is 11.4 Å². The summed E-state index contributed by atoms with van der Waals surface area (Å²) in [6, 6.07) is 12.3. The lowest BCUT2D eigenvalue weighted by atomic mass is 10.1. The number of nitrogens with zero attached hydrogens (tertiary/aromatic N) is 3. The normalized spacial score (nSPS) is 11.5. The van der Waals surface area contributed by atoms with E-state index in [1.54, 1.807) is 0 Å². The van der Waals surface area contributed by atoms with E-state index in [1.807, 2.05) is 35.8 Å². The molecule has 98 valence electrons. The van der Waals surface area contributed by atoms with Crippen LogP contribution in [0.4, 0.5) is 0 Å². The molecular formula is C16H14N4. The average Bonchev–Trinajstić information content (AvgIpc) is 2.95. The standard InChI is InChI=1S/C16H14N4/c1-10-9-20-15(17-10)8-7-14(19-20)16-11(2)18-13-6-4-3-5-12(13)16/h3-9,18H,1-2H3. The van der Waals surface area contributed by atoms with Crippen molar-refractivity contribution < 1.29 is 0 Å². The predicted molar refractivity (Wildman–Crippen MR) is 79.8 cm³/mol. The van der Waals surface area contributed by atoms with Crippen LogP contribution in [0.25, 0.3) is 27.8 Å². The molecule has 0 bridgehead atoms. The fourth-order valence-electron chi connectivity index (χ4n) is 2.74. The van der Waals surface area contributed by atoms with E-state index in [2.05, 4.69) is 40.2 Å². The van der Waals surface area contributed by atoms with Gasteiger partial charge in [0.15, 0.2) is 5.65 Å². The minimum absolute atomic E-state index is 0.878. The Morgan fingerprint density at radius 3 is 2.80 bits per heavy atom. The number of H-pyrrole nitrogens is 1. The smallest absolute Gasteiger partial charge is 0.153 e. The van der Waals surface area contributed by atoms with Crippen molar-refractivity contribution in [2.24, 2.45) is 0 Å². The second-order valence-electron chi connectivity index (χ2n) is 5.07. The fraction of sp³-hybridized carbons (Fsp3) is 0.125. The summed E-state index contributed by atoms with van der Waals surface area (Å²) in [5.41, 5.74) is 6.26. The van der Waals surface area contributed by atoms with Gasteiger partial charge in [-0.05, 0) is 32.0 Å². The number of rotatable bonds is 1. The van der Waals surface area contributed by atoms with Crippen molar-refractivity contribution in [3.05, 3.63) is 54.0 Å². The summed E-state index contributed by atoms with van der Waals surface area (Å²) in [4.78, 5) is 7.83. The van der Waals surface area contributed by atoms with Gasteiger partial charge in [-0.15, -0.1) is 0 Å². The van der Waals surface area contributed by atoms with Crippen LogP contribution in [0, 0.1) is 13.8 Å². The Morgan fingerprint density at radius 1 is 1.05 bits per heavy atom. The topological polar surface area (TPSA) is 46.0 Å². The first-order valence-electron chi connectivity index (χ1n) is 6.63. The summed E-state index contributed by atoms with van der Waals surface area (Å²) in [5.74, 6) is 0. The zero-order valence-corrected chi connectivity index (χ0v) is 11.4.